The Labute approximate surface area is 367 Å². The first-order valence-electron chi connectivity index (χ1n) is 26.1. The molecule has 0 aliphatic heterocycles. The highest BCUT2D eigenvalue weighted by Gasteiger charge is 2.20. The van der Waals surface area contributed by atoms with Crippen molar-refractivity contribution in [2.45, 2.75) is 289 Å². The molecule has 0 spiro atoms. The van der Waals surface area contributed by atoms with Crippen LogP contribution in [-0.2, 0) is 14.3 Å². The number of hydrogen-bond acceptors (Lipinski definition) is 5. The zero-order valence-corrected chi connectivity index (χ0v) is 39.5. The van der Waals surface area contributed by atoms with Gasteiger partial charge in [-0.15, -0.1) is 0 Å². The van der Waals surface area contributed by atoms with E-state index in [4.69, 9.17) is 4.74 Å². The van der Waals surface area contributed by atoms with Crippen LogP contribution in [0.4, 0.5) is 0 Å². The van der Waals surface area contributed by atoms with Crippen LogP contribution in [0.3, 0.4) is 0 Å². The number of unbranched alkanes of at least 4 members (excludes halogenated alkanes) is 33. The third kappa shape index (κ3) is 45.7. The highest BCUT2D eigenvalue weighted by molar-refractivity contribution is 5.76. The SMILES string of the molecule is CCCCC/C=C\C/C=C\CCCCCCCC(=O)OCCCCCCCCCCCCCCCCCCCC(=O)NC(CO)C(O)CCCCCCCCCCCC. The van der Waals surface area contributed by atoms with Crippen molar-refractivity contribution >= 4 is 11.9 Å². The standard InChI is InChI=1S/C53H101NO5/c1-3-5-7-9-11-13-15-16-20-24-27-31-35-39-43-47-53(58)59-48-44-40-36-32-28-25-22-19-17-18-21-23-26-30-34-38-42-46-52(57)54-50(49-55)51(56)45-41-37-33-29-14-12-10-8-6-4-2/h11,13,16,20,50-51,55-56H,3-10,12,14-15,17-19,21-49H2,1-2H3,(H,54,57)/b13-11-,20-16-. The van der Waals surface area contributed by atoms with Crippen molar-refractivity contribution in [2.75, 3.05) is 13.2 Å². The Morgan fingerprint density at radius 2 is 0.847 bits per heavy atom. The third-order valence-electron chi connectivity index (χ3n) is 12.0. The number of esters is 1. The Morgan fingerprint density at radius 3 is 1.32 bits per heavy atom. The second kappa shape index (κ2) is 49.0. The second-order valence-corrected chi connectivity index (χ2v) is 17.9. The van der Waals surface area contributed by atoms with Gasteiger partial charge in [-0.25, -0.2) is 0 Å². The van der Waals surface area contributed by atoms with Gasteiger partial charge >= 0.3 is 5.97 Å². The van der Waals surface area contributed by atoms with Gasteiger partial charge in [-0.05, 0) is 57.8 Å². The van der Waals surface area contributed by atoms with Crippen LogP contribution in [0.15, 0.2) is 24.3 Å². The van der Waals surface area contributed by atoms with Crippen LogP contribution in [0.2, 0.25) is 0 Å². The van der Waals surface area contributed by atoms with Gasteiger partial charge in [-0.3, -0.25) is 9.59 Å². The Hall–Kier alpha value is -1.66. The Kier molecular flexibility index (Phi) is 47.6. The third-order valence-corrected chi connectivity index (χ3v) is 12.0. The number of carbonyl (C=O) groups excluding carboxylic acids is 2. The molecule has 2 unspecified atom stereocenters. The summed E-state index contributed by atoms with van der Waals surface area (Å²) in [6.07, 6.45) is 57.2. The first-order valence-corrected chi connectivity index (χ1v) is 26.1. The van der Waals surface area contributed by atoms with E-state index in [-0.39, 0.29) is 18.5 Å². The molecule has 348 valence electrons. The summed E-state index contributed by atoms with van der Waals surface area (Å²) in [4.78, 5) is 24.4. The van der Waals surface area contributed by atoms with Gasteiger partial charge < -0.3 is 20.3 Å². The number of ether oxygens (including phenoxy) is 1. The molecular formula is C53H101NO5. The zero-order valence-electron chi connectivity index (χ0n) is 39.5. The van der Waals surface area contributed by atoms with Gasteiger partial charge in [0.15, 0.2) is 0 Å². The van der Waals surface area contributed by atoms with Gasteiger partial charge in [0.25, 0.3) is 0 Å². The number of allylic oxidation sites excluding steroid dienone is 4. The summed E-state index contributed by atoms with van der Waals surface area (Å²) >= 11 is 0. The first-order chi connectivity index (χ1) is 29.0. The van der Waals surface area contributed by atoms with Crippen LogP contribution < -0.4 is 5.32 Å². The number of aliphatic hydroxyl groups excluding tert-OH is 2. The monoisotopic (exact) mass is 832 g/mol. The molecule has 2 atom stereocenters. The number of nitrogens with one attached hydrogen (secondary N) is 1. The van der Waals surface area contributed by atoms with E-state index < -0.39 is 12.1 Å². The smallest absolute Gasteiger partial charge is 0.305 e. The van der Waals surface area contributed by atoms with Crippen molar-refractivity contribution in [3.05, 3.63) is 24.3 Å². The average molecular weight is 832 g/mol. The van der Waals surface area contributed by atoms with Crippen LogP contribution >= 0.6 is 0 Å². The fraction of sp³-hybridized carbons (Fsp3) is 0.887. The summed E-state index contributed by atoms with van der Waals surface area (Å²) in [5.74, 6) is -0.0515. The summed E-state index contributed by atoms with van der Waals surface area (Å²) in [7, 11) is 0. The van der Waals surface area contributed by atoms with Gasteiger partial charge in [-0.1, -0.05) is 231 Å². The Morgan fingerprint density at radius 1 is 0.475 bits per heavy atom. The lowest BCUT2D eigenvalue weighted by Gasteiger charge is -2.22. The molecule has 0 aliphatic rings. The molecule has 0 aromatic heterocycles. The van der Waals surface area contributed by atoms with Gasteiger partial charge in [0.1, 0.15) is 0 Å². The minimum Gasteiger partial charge on any atom is -0.466 e. The van der Waals surface area contributed by atoms with Crippen molar-refractivity contribution in [1.82, 2.24) is 5.32 Å². The molecule has 0 saturated carbocycles. The quantitative estimate of drug-likeness (QED) is 0.0322. The number of amides is 1. The van der Waals surface area contributed by atoms with Gasteiger partial charge in [-0.2, -0.15) is 0 Å². The number of hydrogen-bond donors (Lipinski definition) is 3. The molecule has 0 aromatic rings. The number of aliphatic hydroxyl groups is 2. The second-order valence-electron chi connectivity index (χ2n) is 17.9. The van der Waals surface area contributed by atoms with E-state index in [1.54, 1.807) is 0 Å². The normalized spacial score (nSPS) is 12.8. The lowest BCUT2D eigenvalue weighted by molar-refractivity contribution is -0.143. The molecule has 6 nitrogen and oxygen atoms in total. The van der Waals surface area contributed by atoms with E-state index in [0.29, 0.717) is 25.9 Å². The molecule has 0 heterocycles. The lowest BCUT2D eigenvalue weighted by atomic mass is 10.0. The molecule has 0 fully saturated rings. The molecule has 0 bridgehead atoms. The molecule has 6 heteroatoms. The van der Waals surface area contributed by atoms with Crippen molar-refractivity contribution in [1.29, 1.82) is 0 Å². The van der Waals surface area contributed by atoms with Crippen molar-refractivity contribution in [2.24, 2.45) is 0 Å². The largest absolute Gasteiger partial charge is 0.466 e. The molecule has 0 radical (unpaired) electrons. The first kappa shape index (κ1) is 57.3. The van der Waals surface area contributed by atoms with Crippen LogP contribution in [0.25, 0.3) is 0 Å². The minimum absolute atomic E-state index is 0.00897. The Balaban J connectivity index is 3.40. The highest BCUT2D eigenvalue weighted by atomic mass is 16.5. The average Bonchev–Trinajstić information content (AvgIpc) is 3.24. The number of rotatable bonds is 48. The minimum atomic E-state index is -0.666. The van der Waals surface area contributed by atoms with Crippen LogP contribution in [-0.4, -0.2) is 47.4 Å². The molecule has 1 amide bonds. The maximum Gasteiger partial charge on any atom is 0.305 e. The summed E-state index contributed by atoms with van der Waals surface area (Å²) in [6, 6.07) is -0.544. The summed E-state index contributed by atoms with van der Waals surface area (Å²) in [5.41, 5.74) is 0. The molecular weight excluding hydrogens is 731 g/mol. The summed E-state index contributed by atoms with van der Waals surface area (Å²) in [6.45, 7) is 4.89. The maximum absolute atomic E-state index is 12.4. The topological polar surface area (TPSA) is 95.9 Å². The predicted molar refractivity (Wildman–Crippen MR) is 255 cm³/mol. The fourth-order valence-corrected chi connectivity index (χ4v) is 7.96. The van der Waals surface area contributed by atoms with Gasteiger partial charge in [0.2, 0.25) is 5.91 Å². The van der Waals surface area contributed by atoms with E-state index >= 15 is 0 Å². The summed E-state index contributed by atoms with van der Waals surface area (Å²) < 4.78 is 5.46. The highest BCUT2D eigenvalue weighted by Crippen LogP contribution is 2.16. The fourth-order valence-electron chi connectivity index (χ4n) is 7.96. The molecule has 0 rings (SSSR count). The molecule has 0 aromatic carbocycles. The molecule has 59 heavy (non-hydrogen) atoms. The molecule has 3 N–H and O–H groups in total. The van der Waals surface area contributed by atoms with E-state index in [1.165, 1.54) is 193 Å². The maximum atomic E-state index is 12.4. The predicted octanol–water partition coefficient (Wildman–Crippen LogP) is 15.5. The van der Waals surface area contributed by atoms with Gasteiger partial charge in [0, 0.05) is 12.8 Å². The van der Waals surface area contributed by atoms with E-state index in [9.17, 15) is 19.8 Å². The zero-order chi connectivity index (χ0) is 43.0. The van der Waals surface area contributed by atoms with Crippen LogP contribution in [0.1, 0.15) is 277 Å². The lowest BCUT2D eigenvalue weighted by Crippen LogP contribution is -2.45. The van der Waals surface area contributed by atoms with Crippen molar-refractivity contribution in [3.8, 4) is 0 Å². The Bertz CT molecular complexity index is 920. The number of carbonyl (C=O) groups is 2. The van der Waals surface area contributed by atoms with Crippen molar-refractivity contribution in [3.63, 3.8) is 0 Å². The van der Waals surface area contributed by atoms with E-state index in [0.717, 1.165) is 51.4 Å². The molecule has 0 aliphatic carbocycles. The van der Waals surface area contributed by atoms with Crippen molar-refractivity contribution < 1.29 is 24.5 Å². The van der Waals surface area contributed by atoms with Crippen LogP contribution in [0, 0.1) is 0 Å². The van der Waals surface area contributed by atoms with Crippen LogP contribution in [0.5, 0.6) is 0 Å². The molecule has 0 saturated heterocycles. The van der Waals surface area contributed by atoms with Gasteiger partial charge in [0.05, 0.1) is 25.4 Å². The summed E-state index contributed by atoms with van der Waals surface area (Å²) in [5, 5.41) is 23.1. The van der Waals surface area contributed by atoms with E-state index in [1.807, 2.05) is 0 Å². The van der Waals surface area contributed by atoms with E-state index in [2.05, 4.69) is 43.5 Å².